The SMILES string of the molecule is Cl.Nc1ccc(-n2cnnc2)cc1. The lowest BCUT2D eigenvalue weighted by atomic mass is 10.3. The first-order valence-corrected chi connectivity index (χ1v) is 3.57. The standard InChI is InChI=1S/C8H8N4.ClH/c9-7-1-3-8(4-2-7)12-5-10-11-6-12;/h1-6H,9H2;1H. The van der Waals surface area contributed by atoms with Crippen molar-refractivity contribution in [2.45, 2.75) is 0 Å². The van der Waals surface area contributed by atoms with E-state index in [1.165, 1.54) is 0 Å². The van der Waals surface area contributed by atoms with Gasteiger partial charge in [0.05, 0.1) is 0 Å². The zero-order valence-corrected chi connectivity index (χ0v) is 7.61. The van der Waals surface area contributed by atoms with Gasteiger partial charge in [0.25, 0.3) is 0 Å². The van der Waals surface area contributed by atoms with Crippen molar-refractivity contribution in [2.24, 2.45) is 0 Å². The molecule has 1 aromatic heterocycles. The first-order valence-electron chi connectivity index (χ1n) is 3.57. The minimum atomic E-state index is 0. The number of rotatable bonds is 1. The molecule has 2 aromatic rings. The fourth-order valence-electron chi connectivity index (χ4n) is 0.980. The van der Waals surface area contributed by atoms with Crippen LogP contribution in [-0.4, -0.2) is 14.8 Å². The van der Waals surface area contributed by atoms with Crippen LogP contribution in [0.1, 0.15) is 0 Å². The van der Waals surface area contributed by atoms with Crippen LogP contribution in [0.2, 0.25) is 0 Å². The Hall–Kier alpha value is -1.55. The highest BCUT2D eigenvalue weighted by Gasteiger charge is 1.93. The molecule has 0 spiro atoms. The normalized spacial score (nSPS) is 9.23. The fourth-order valence-corrected chi connectivity index (χ4v) is 0.980. The van der Waals surface area contributed by atoms with Gasteiger partial charge in [-0.25, -0.2) is 0 Å². The van der Waals surface area contributed by atoms with Gasteiger partial charge in [-0.2, -0.15) is 0 Å². The summed E-state index contributed by atoms with van der Waals surface area (Å²) in [6.45, 7) is 0. The lowest BCUT2D eigenvalue weighted by Gasteiger charge is -1.99. The number of anilines is 1. The largest absolute Gasteiger partial charge is 0.399 e. The van der Waals surface area contributed by atoms with Crippen molar-refractivity contribution in [1.82, 2.24) is 14.8 Å². The van der Waals surface area contributed by atoms with Crippen LogP contribution in [0.3, 0.4) is 0 Å². The monoisotopic (exact) mass is 196 g/mol. The van der Waals surface area contributed by atoms with E-state index in [0.717, 1.165) is 11.4 Å². The molecule has 2 N–H and O–H groups in total. The van der Waals surface area contributed by atoms with Crippen molar-refractivity contribution >= 4 is 18.1 Å². The summed E-state index contributed by atoms with van der Waals surface area (Å²) < 4.78 is 1.82. The van der Waals surface area contributed by atoms with Gasteiger partial charge < -0.3 is 5.73 Å². The molecule has 0 amide bonds. The van der Waals surface area contributed by atoms with Crippen molar-refractivity contribution in [3.8, 4) is 5.69 Å². The van der Waals surface area contributed by atoms with Gasteiger partial charge in [-0.05, 0) is 24.3 Å². The van der Waals surface area contributed by atoms with E-state index < -0.39 is 0 Å². The smallest absolute Gasteiger partial charge is 0.123 e. The van der Waals surface area contributed by atoms with E-state index in [1.54, 1.807) is 12.7 Å². The lowest BCUT2D eigenvalue weighted by Crippen LogP contribution is -1.90. The number of hydrogen-bond donors (Lipinski definition) is 1. The maximum atomic E-state index is 5.54. The second-order valence-corrected chi connectivity index (χ2v) is 2.46. The van der Waals surface area contributed by atoms with Crippen molar-refractivity contribution in [1.29, 1.82) is 0 Å². The third-order valence-electron chi connectivity index (χ3n) is 1.61. The number of aromatic nitrogens is 3. The average molecular weight is 197 g/mol. The summed E-state index contributed by atoms with van der Waals surface area (Å²) in [6, 6.07) is 7.52. The predicted molar refractivity (Wildman–Crippen MR) is 53.0 cm³/mol. The van der Waals surface area contributed by atoms with Gasteiger partial charge in [-0.15, -0.1) is 22.6 Å². The quantitative estimate of drug-likeness (QED) is 0.699. The van der Waals surface area contributed by atoms with E-state index in [9.17, 15) is 0 Å². The summed E-state index contributed by atoms with van der Waals surface area (Å²) in [7, 11) is 0. The Morgan fingerprint density at radius 1 is 1.00 bits per heavy atom. The van der Waals surface area contributed by atoms with Gasteiger partial charge in [-0.3, -0.25) is 4.57 Å². The van der Waals surface area contributed by atoms with Gasteiger partial charge >= 0.3 is 0 Å². The zero-order valence-electron chi connectivity index (χ0n) is 6.79. The van der Waals surface area contributed by atoms with E-state index in [2.05, 4.69) is 10.2 Å². The fraction of sp³-hybridized carbons (Fsp3) is 0. The second-order valence-electron chi connectivity index (χ2n) is 2.46. The molecular weight excluding hydrogens is 188 g/mol. The van der Waals surface area contributed by atoms with Gasteiger partial charge in [0.2, 0.25) is 0 Å². The summed E-state index contributed by atoms with van der Waals surface area (Å²) in [5, 5.41) is 7.41. The first kappa shape index (κ1) is 9.54. The number of nitrogen functional groups attached to an aromatic ring is 1. The maximum Gasteiger partial charge on any atom is 0.123 e. The molecule has 1 aromatic carbocycles. The summed E-state index contributed by atoms with van der Waals surface area (Å²) in [4.78, 5) is 0. The number of benzene rings is 1. The maximum absolute atomic E-state index is 5.54. The van der Waals surface area contributed by atoms with E-state index >= 15 is 0 Å². The molecule has 0 radical (unpaired) electrons. The van der Waals surface area contributed by atoms with Gasteiger partial charge in [0.1, 0.15) is 12.7 Å². The Balaban J connectivity index is 0.000000845. The molecule has 0 aliphatic carbocycles. The van der Waals surface area contributed by atoms with Gasteiger partial charge in [0, 0.05) is 11.4 Å². The molecule has 0 aliphatic heterocycles. The Morgan fingerprint density at radius 2 is 1.54 bits per heavy atom. The minimum absolute atomic E-state index is 0. The third-order valence-corrected chi connectivity index (χ3v) is 1.61. The molecule has 13 heavy (non-hydrogen) atoms. The first-order chi connectivity index (χ1) is 5.86. The minimum Gasteiger partial charge on any atom is -0.399 e. The number of hydrogen-bond acceptors (Lipinski definition) is 3. The summed E-state index contributed by atoms with van der Waals surface area (Å²) >= 11 is 0. The zero-order chi connectivity index (χ0) is 8.39. The number of nitrogens with two attached hydrogens (primary N) is 1. The number of halogens is 1. The van der Waals surface area contributed by atoms with E-state index in [1.807, 2.05) is 28.8 Å². The van der Waals surface area contributed by atoms with Crippen LogP contribution in [0.25, 0.3) is 5.69 Å². The summed E-state index contributed by atoms with van der Waals surface area (Å²) in [5.74, 6) is 0. The Kier molecular flexibility index (Phi) is 2.87. The van der Waals surface area contributed by atoms with Crippen LogP contribution in [0.4, 0.5) is 5.69 Å². The molecule has 4 nitrogen and oxygen atoms in total. The lowest BCUT2D eigenvalue weighted by molar-refractivity contribution is 1.06. The van der Waals surface area contributed by atoms with Crippen LogP contribution < -0.4 is 5.73 Å². The van der Waals surface area contributed by atoms with E-state index in [4.69, 9.17) is 5.73 Å². The molecule has 0 fully saturated rings. The van der Waals surface area contributed by atoms with Crippen LogP contribution in [0.15, 0.2) is 36.9 Å². The van der Waals surface area contributed by atoms with Crippen LogP contribution in [0, 0.1) is 0 Å². The van der Waals surface area contributed by atoms with Crippen LogP contribution >= 0.6 is 12.4 Å². The molecule has 0 saturated heterocycles. The van der Waals surface area contributed by atoms with E-state index in [0.29, 0.717) is 0 Å². The van der Waals surface area contributed by atoms with Crippen molar-refractivity contribution in [2.75, 3.05) is 5.73 Å². The average Bonchev–Trinajstić information content (AvgIpc) is 2.58. The highest BCUT2D eigenvalue weighted by atomic mass is 35.5. The van der Waals surface area contributed by atoms with Crippen LogP contribution in [-0.2, 0) is 0 Å². The molecule has 0 unspecified atom stereocenters. The molecule has 0 bridgehead atoms. The van der Waals surface area contributed by atoms with Crippen molar-refractivity contribution in [3.05, 3.63) is 36.9 Å². The summed E-state index contributed by atoms with van der Waals surface area (Å²) in [5.41, 5.74) is 7.30. The summed E-state index contributed by atoms with van der Waals surface area (Å²) in [6.07, 6.45) is 3.29. The second kappa shape index (κ2) is 3.91. The molecule has 68 valence electrons. The highest BCUT2D eigenvalue weighted by molar-refractivity contribution is 5.85. The van der Waals surface area contributed by atoms with Crippen molar-refractivity contribution in [3.63, 3.8) is 0 Å². The molecule has 0 saturated carbocycles. The van der Waals surface area contributed by atoms with E-state index in [-0.39, 0.29) is 12.4 Å². The Bertz CT molecular complexity index is 354. The molecular formula is C8H9ClN4. The molecule has 0 aliphatic rings. The van der Waals surface area contributed by atoms with Gasteiger partial charge in [-0.1, -0.05) is 0 Å². The van der Waals surface area contributed by atoms with Crippen molar-refractivity contribution < 1.29 is 0 Å². The molecule has 5 heteroatoms. The highest BCUT2D eigenvalue weighted by Crippen LogP contribution is 2.08. The predicted octanol–water partition coefficient (Wildman–Crippen LogP) is 1.27. The Labute approximate surface area is 81.8 Å². The Morgan fingerprint density at radius 3 is 2.08 bits per heavy atom. The molecule has 1 heterocycles. The molecule has 2 rings (SSSR count). The van der Waals surface area contributed by atoms with Crippen LogP contribution in [0.5, 0.6) is 0 Å². The third kappa shape index (κ3) is 1.97. The topological polar surface area (TPSA) is 56.7 Å². The number of nitrogens with zero attached hydrogens (tertiary/aromatic N) is 3. The van der Waals surface area contributed by atoms with Gasteiger partial charge in [0.15, 0.2) is 0 Å². The molecule has 0 atom stereocenters.